The molecule has 0 amide bonds. The van der Waals surface area contributed by atoms with E-state index in [4.69, 9.17) is 21.1 Å². The monoisotopic (exact) mass is 446 g/mol. The Labute approximate surface area is 194 Å². The molecule has 1 unspecified atom stereocenters. The van der Waals surface area contributed by atoms with Crippen LogP contribution >= 0.6 is 11.6 Å². The first-order valence-corrected chi connectivity index (χ1v) is 11.6. The quantitative estimate of drug-likeness (QED) is 0.467. The van der Waals surface area contributed by atoms with E-state index in [-0.39, 0.29) is 5.41 Å². The molecular formula is C27H27ClN2O2. The number of rotatable bonds is 1. The molecule has 3 aromatic rings. The van der Waals surface area contributed by atoms with Crippen molar-refractivity contribution in [1.29, 1.82) is 0 Å². The summed E-state index contributed by atoms with van der Waals surface area (Å²) in [5, 5.41) is 3.23. The van der Waals surface area contributed by atoms with Gasteiger partial charge in [-0.05, 0) is 55.1 Å². The van der Waals surface area contributed by atoms with Crippen LogP contribution in [0, 0.1) is 0 Å². The fourth-order valence-corrected chi connectivity index (χ4v) is 5.85. The predicted molar refractivity (Wildman–Crippen MR) is 132 cm³/mol. The summed E-state index contributed by atoms with van der Waals surface area (Å²) >= 11 is 6.39. The maximum Gasteiger partial charge on any atom is 0.211 e. The lowest BCUT2D eigenvalue weighted by molar-refractivity contribution is 0.0584. The number of hydrogen-bond acceptors (Lipinski definition) is 4. The first-order chi connectivity index (χ1) is 15.4. The Balaban J connectivity index is 1.53. The molecule has 32 heavy (non-hydrogen) atoms. The largest absolute Gasteiger partial charge is 0.463 e. The molecule has 0 aromatic heterocycles. The van der Waals surface area contributed by atoms with Gasteiger partial charge in [-0.25, -0.2) is 0 Å². The maximum absolute atomic E-state index is 7.01. The van der Waals surface area contributed by atoms with Crippen LogP contribution in [-0.4, -0.2) is 39.1 Å². The second-order valence-electron chi connectivity index (χ2n) is 9.43. The van der Waals surface area contributed by atoms with E-state index >= 15 is 0 Å². The Hall–Kier alpha value is -2.69. The minimum absolute atomic E-state index is 0.291. The second-order valence-corrected chi connectivity index (χ2v) is 9.87. The van der Waals surface area contributed by atoms with Crippen LogP contribution in [0.25, 0.3) is 16.8 Å². The van der Waals surface area contributed by atoms with Gasteiger partial charge in [-0.1, -0.05) is 35.9 Å². The third-order valence-corrected chi connectivity index (χ3v) is 7.74. The highest BCUT2D eigenvalue weighted by molar-refractivity contribution is 6.30. The van der Waals surface area contributed by atoms with Crippen molar-refractivity contribution < 1.29 is 9.47 Å². The van der Waals surface area contributed by atoms with Crippen molar-refractivity contribution in [2.75, 3.05) is 43.2 Å². The number of hydrogen-bond donors (Lipinski definition) is 0. The minimum Gasteiger partial charge on any atom is -0.463 e. The molecule has 1 saturated heterocycles. The molecule has 0 bridgehead atoms. The summed E-state index contributed by atoms with van der Waals surface area (Å²) in [5.41, 5.74) is 3.80. The smallest absolute Gasteiger partial charge is 0.211 e. The third-order valence-electron chi connectivity index (χ3n) is 7.51. The fourth-order valence-electron chi connectivity index (χ4n) is 5.68. The molecule has 0 N–H and O–H groups in total. The van der Waals surface area contributed by atoms with Crippen LogP contribution in [0.4, 0.5) is 11.4 Å². The molecule has 4 nitrogen and oxygen atoms in total. The Kier molecular flexibility index (Phi) is 4.30. The van der Waals surface area contributed by atoms with Gasteiger partial charge >= 0.3 is 0 Å². The molecule has 1 spiro atoms. The van der Waals surface area contributed by atoms with E-state index in [9.17, 15) is 0 Å². The molecule has 1 atom stereocenters. The van der Waals surface area contributed by atoms with Crippen molar-refractivity contribution in [3.8, 4) is 5.75 Å². The third kappa shape index (κ3) is 2.60. The van der Waals surface area contributed by atoms with Crippen LogP contribution in [0.2, 0.25) is 5.02 Å². The molecule has 0 radical (unpaired) electrons. The zero-order chi connectivity index (χ0) is 22.1. The number of morpholine rings is 1. The van der Waals surface area contributed by atoms with Crippen molar-refractivity contribution in [2.24, 2.45) is 0 Å². The molecule has 0 aliphatic carbocycles. The zero-order valence-electron chi connectivity index (χ0n) is 18.7. The van der Waals surface area contributed by atoms with Gasteiger partial charge in [0, 0.05) is 53.6 Å². The van der Waals surface area contributed by atoms with Crippen molar-refractivity contribution >= 4 is 39.8 Å². The van der Waals surface area contributed by atoms with Crippen LogP contribution in [0.15, 0.2) is 54.6 Å². The minimum atomic E-state index is -0.627. The number of ether oxygens (including phenoxy) is 2. The standard InChI is InChI=1S/C27H27ClN2O2/c1-26(2)22-16-18(28)8-9-23(22)29(3)27(26)11-10-21-19-6-4-5-7-20(19)24(17-25(21)32-27)30-12-14-31-15-13-30/h4-11,16-17H,12-15H2,1-3H3. The van der Waals surface area contributed by atoms with Crippen LogP contribution in [0.5, 0.6) is 5.75 Å². The highest BCUT2D eigenvalue weighted by Crippen LogP contribution is 2.55. The van der Waals surface area contributed by atoms with Gasteiger partial charge in [0.05, 0.1) is 18.6 Å². The SMILES string of the molecule is CN1c2ccc(Cl)cc2C(C)(C)C12C=Cc1c(cc(N3CCOCC3)c3ccccc13)O2. The van der Waals surface area contributed by atoms with Crippen LogP contribution in [0.3, 0.4) is 0 Å². The first-order valence-electron chi connectivity index (χ1n) is 11.2. The highest BCUT2D eigenvalue weighted by atomic mass is 35.5. The average molecular weight is 447 g/mol. The van der Waals surface area contributed by atoms with E-state index in [1.807, 2.05) is 6.07 Å². The summed E-state index contributed by atoms with van der Waals surface area (Å²) in [4.78, 5) is 4.67. The van der Waals surface area contributed by atoms with Gasteiger partial charge < -0.3 is 19.3 Å². The molecule has 3 aliphatic heterocycles. The molecule has 5 heteroatoms. The Morgan fingerprint density at radius 2 is 1.69 bits per heavy atom. The molecule has 6 rings (SSSR count). The van der Waals surface area contributed by atoms with Crippen LogP contribution < -0.4 is 14.5 Å². The van der Waals surface area contributed by atoms with Gasteiger partial charge in [-0.3, -0.25) is 0 Å². The van der Waals surface area contributed by atoms with Gasteiger partial charge in [0.25, 0.3) is 0 Å². The maximum atomic E-state index is 7.01. The topological polar surface area (TPSA) is 24.9 Å². The molecule has 3 aliphatic rings. The number of halogens is 1. The van der Waals surface area contributed by atoms with Gasteiger partial charge in [0.1, 0.15) is 5.75 Å². The van der Waals surface area contributed by atoms with E-state index < -0.39 is 5.72 Å². The van der Waals surface area contributed by atoms with E-state index in [0.717, 1.165) is 48.3 Å². The van der Waals surface area contributed by atoms with Crippen molar-refractivity contribution in [1.82, 2.24) is 0 Å². The van der Waals surface area contributed by atoms with E-state index in [2.05, 4.69) is 85.3 Å². The lowest BCUT2D eigenvalue weighted by atomic mass is 9.76. The van der Waals surface area contributed by atoms with Crippen LogP contribution in [0.1, 0.15) is 25.0 Å². The van der Waals surface area contributed by atoms with Crippen molar-refractivity contribution in [2.45, 2.75) is 25.0 Å². The lowest BCUT2D eigenvalue weighted by Crippen LogP contribution is -2.58. The van der Waals surface area contributed by atoms with Gasteiger partial charge in [-0.2, -0.15) is 0 Å². The summed E-state index contributed by atoms with van der Waals surface area (Å²) in [5.74, 6) is 0.923. The second kappa shape index (κ2) is 6.90. The van der Waals surface area contributed by atoms with Gasteiger partial charge in [0.15, 0.2) is 0 Å². The number of nitrogens with zero attached hydrogens (tertiary/aromatic N) is 2. The first kappa shape index (κ1) is 20.0. The summed E-state index contributed by atoms with van der Waals surface area (Å²) in [7, 11) is 2.11. The normalized spacial score (nSPS) is 23.4. The van der Waals surface area contributed by atoms with E-state index in [0.29, 0.717) is 0 Å². The summed E-state index contributed by atoms with van der Waals surface area (Å²) in [6.07, 6.45) is 4.47. The molecule has 0 saturated carbocycles. The van der Waals surface area contributed by atoms with Gasteiger partial charge in [-0.15, -0.1) is 0 Å². The average Bonchev–Trinajstić information content (AvgIpc) is 2.97. The summed E-state index contributed by atoms with van der Waals surface area (Å²) in [6.45, 7) is 7.76. The summed E-state index contributed by atoms with van der Waals surface area (Å²) in [6, 6.07) is 17.0. The predicted octanol–water partition coefficient (Wildman–Crippen LogP) is 5.86. The summed E-state index contributed by atoms with van der Waals surface area (Å²) < 4.78 is 12.6. The van der Waals surface area contributed by atoms with Gasteiger partial charge in [0.2, 0.25) is 5.72 Å². The molecular weight excluding hydrogens is 420 g/mol. The lowest BCUT2D eigenvalue weighted by Gasteiger charge is -2.46. The Morgan fingerprint density at radius 3 is 2.47 bits per heavy atom. The van der Waals surface area contributed by atoms with E-state index in [1.54, 1.807) is 0 Å². The van der Waals surface area contributed by atoms with Crippen molar-refractivity contribution in [3.63, 3.8) is 0 Å². The number of fused-ring (bicyclic) bond motifs is 4. The number of benzene rings is 3. The van der Waals surface area contributed by atoms with Crippen molar-refractivity contribution in [3.05, 3.63) is 70.8 Å². The van der Waals surface area contributed by atoms with Crippen LogP contribution in [-0.2, 0) is 10.2 Å². The number of anilines is 2. The van der Waals surface area contributed by atoms with E-state index in [1.165, 1.54) is 22.0 Å². The molecule has 3 aromatic carbocycles. The zero-order valence-corrected chi connectivity index (χ0v) is 19.4. The Bertz CT molecular complexity index is 1260. The molecule has 3 heterocycles. The Morgan fingerprint density at radius 1 is 0.938 bits per heavy atom. The molecule has 1 fully saturated rings. The fraction of sp³-hybridized carbons (Fsp3) is 0.333. The highest BCUT2D eigenvalue weighted by Gasteiger charge is 2.57. The molecule has 164 valence electrons. The number of likely N-dealkylation sites (N-methyl/N-ethyl adjacent to an activating group) is 1.